The zero-order valence-corrected chi connectivity index (χ0v) is 8.99. The van der Waals surface area contributed by atoms with Gasteiger partial charge in [-0.1, -0.05) is 0 Å². The molecule has 0 aromatic carbocycles. The molecule has 2 aromatic rings. The summed E-state index contributed by atoms with van der Waals surface area (Å²) in [6.07, 6.45) is 0. The van der Waals surface area contributed by atoms with Crippen LogP contribution >= 0.6 is 11.3 Å². The highest BCUT2D eigenvalue weighted by Crippen LogP contribution is 2.18. The summed E-state index contributed by atoms with van der Waals surface area (Å²) in [5.74, 6) is -0.467. The first-order chi connectivity index (χ1) is 7.22. The zero-order chi connectivity index (χ0) is 10.8. The zero-order valence-electron chi connectivity index (χ0n) is 8.17. The summed E-state index contributed by atoms with van der Waals surface area (Å²) in [6, 6.07) is 1.67. The minimum Gasteiger partial charge on any atom is -0.364 e. The van der Waals surface area contributed by atoms with Gasteiger partial charge in [-0.15, -0.1) is 11.3 Å². The van der Waals surface area contributed by atoms with E-state index in [1.165, 1.54) is 11.3 Å². The quantitative estimate of drug-likeness (QED) is 0.845. The number of carbonyl (C=O) groups excluding carboxylic acids is 1. The highest BCUT2D eigenvalue weighted by molar-refractivity contribution is 7.07. The van der Waals surface area contributed by atoms with Crippen LogP contribution in [-0.2, 0) is 6.54 Å². The molecule has 6 heteroatoms. The molecule has 0 unspecified atom stereocenters. The molecule has 2 aromatic heterocycles. The van der Waals surface area contributed by atoms with E-state index in [0.717, 1.165) is 5.69 Å². The smallest absolute Gasteiger partial charge is 0.266 e. The second-order valence-electron chi connectivity index (χ2n) is 2.97. The summed E-state index contributed by atoms with van der Waals surface area (Å²) in [4.78, 5) is 15.2. The number of amides is 1. The Balaban J connectivity index is 2.48. The number of thiazole rings is 1. The highest BCUT2D eigenvalue weighted by atomic mass is 32.1. The second-order valence-corrected chi connectivity index (χ2v) is 3.69. The van der Waals surface area contributed by atoms with Gasteiger partial charge < -0.3 is 5.73 Å². The molecule has 0 bridgehead atoms. The van der Waals surface area contributed by atoms with Crippen LogP contribution in [0.4, 0.5) is 0 Å². The first kappa shape index (κ1) is 9.85. The lowest BCUT2D eigenvalue weighted by Gasteiger charge is -1.97. The number of rotatable bonds is 3. The van der Waals surface area contributed by atoms with Crippen LogP contribution in [0.2, 0.25) is 0 Å². The third-order valence-corrected chi connectivity index (χ3v) is 2.61. The fourth-order valence-electron chi connectivity index (χ4n) is 1.32. The van der Waals surface area contributed by atoms with E-state index in [1.54, 1.807) is 16.3 Å². The summed E-state index contributed by atoms with van der Waals surface area (Å²) >= 11 is 1.49. The number of hydrogen-bond acceptors (Lipinski definition) is 4. The lowest BCUT2D eigenvalue weighted by atomic mass is 10.3. The molecule has 0 atom stereocenters. The van der Waals surface area contributed by atoms with E-state index in [9.17, 15) is 4.79 Å². The maximum Gasteiger partial charge on any atom is 0.266 e. The Bertz CT molecular complexity index is 474. The molecule has 2 heterocycles. The molecule has 0 saturated carbocycles. The lowest BCUT2D eigenvalue weighted by molar-refractivity contribution is 0.0990. The monoisotopic (exact) mass is 222 g/mol. The molecule has 1 amide bonds. The standard InChI is InChI=1S/C9H10N4OS/c1-2-13-8(9(10)14)3-6(12-13)7-4-15-5-11-7/h3-5H,2H2,1H3,(H2,10,14). The largest absolute Gasteiger partial charge is 0.364 e. The molecule has 0 aliphatic rings. The average Bonchev–Trinajstić information content (AvgIpc) is 2.86. The maximum atomic E-state index is 11.1. The molecule has 78 valence electrons. The number of carbonyl (C=O) groups is 1. The van der Waals surface area contributed by atoms with Crippen molar-refractivity contribution in [1.29, 1.82) is 0 Å². The van der Waals surface area contributed by atoms with Gasteiger partial charge in [0.1, 0.15) is 17.1 Å². The Labute approximate surface area is 90.6 Å². The van der Waals surface area contributed by atoms with E-state index >= 15 is 0 Å². The van der Waals surface area contributed by atoms with Crippen LogP contribution in [0.15, 0.2) is 17.0 Å². The van der Waals surface area contributed by atoms with Gasteiger partial charge in [0.25, 0.3) is 5.91 Å². The fourth-order valence-corrected chi connectivity index (χ4v) is 1.87. The summed E-state index contributed by atoms with van der Waals surface area (Å²) in [5, 5.41) is 6.13. The van der Waals surface area contributed by atoms with Gasteiger partial charge in [-0.3, -0.25) is 9.48 Å². The predicted molar refractivity (Wildman–Crippen MR) is 57.5 cm³/mol. The van der Waals surface area contributed by atoms with Crippen LogP contribution in [-0.4, -0.2) is 20.7 Å². The normalized spacial score (nSPS) is 10.5. The van der Waals surface area contributed by atoms with Gasteiger partial charge in [-0.25, -0.2) is 4.98 Å². The number of nitrogens with two attached hydrogens (primary N) is 1. The van der Waals surface area contributed by atoms with E-state index in [0.29, 0.717) is 17.9 Å². The Morgan fingerprint density at radius 3 is 2.87 bits per heavy atom. The van der Waals surface area contributed by atoms with Crippen LogP contribution in [0.5, 0.6) is 0 Å². The van der Waals surface area contributed by atoms with E-state index in [-0.39, 0.29) is 0 Å². The molecule has 0 spiro atoms. The number of nitrogens with zero attached hydrogens (tertiary/aromatic N) is 3. The van der Waals surface area contributed by atoms with Crippen molar-refractivity contribution in [2.75, 3.05) is 0 Å². The number of primary amides is 1. The topological polar surface area (TPSA) is 73.8 Å². The third-order valence-electron chi connectivity index (χ3n) is 2.03. The summed E-state index contributed by atoms with van der Waals surface area (Å²) in [5.41, 5.74) is 8.84. The van der Waals surface area contributed by atoms with Gasteiger partial charge in [-0.05, 0) is 13.0 Å². The number of aryl methyl sites for hydroxylation is 1. The molecule has 0 aliphatic heterocycles. The van der Waals surface area contributed by atoms with E-state index in [2.05, 4.69) is 10.1 Å². The molecule has 0 saturated heterocycles. The predicted octanol–water partition coefficient (Wildman–Crippen LogP) is 1.13. The molecule has 0 aliphatic carbocycles. The van der Waals surface area contributed by atoms with Crippen molar-refractivity contribution in [2.45, 2.75) is 13.5 Å². The number of hydrogen-bond donors (Lipinski definition) is 1. The van der Waals surface area contributed by atoms with Crippen molar-refractivity contribution in [2.24, 2.45) is 5.73 Å². The first-order valence-corrected chi connectivity index (χ1v) is 5.43. The Morgan fingerprint density at radius 1 is 1.60 bits per heavy atom. The van der Waals surface area contributed by atoms with Crippen molar-refractivity contribution >= 4 is 17.2 Å². The van der Waals surface area contributed by atoms with E-state index < -0.39 is 5.91 Å². The Morgan fingerprint density at radius 2 is 2.40 bits per heavy atom. The maximum absolute atomic E-state index is 11.1. The van der Waals surface area contributed by atoms with E-state index in [4.69, 9.17) is 5.73 Å². The lowest BCUT2D eigenvalue weighted by Crippen LogP contribution is -2.16. The van der Waals surface area contributed by atoms with E-state index in [1.807, 2.05) is 12.3 Å². The van der Waals surface area contributed by atoms with Crippen LogP contribution in [0.3, 0.4) is 0 Å². The van der Waals surface area contributed by atoms with Crippen molar-refractivity contribution in [3.63, 3.8) is 0 Å². The molecule has 2 N–H and O–H groups in total. The van der Waals surface area contributed by atoms with Crippen LogP contribution in [0.25, 0.3) is 11.4 Å². The molecule has 5 nitrogen and oxygen atoms in total. The van der Waals surface area contributed by atoms with Gasteiger partial charge >= 0.3 is 0 Å². The molecular weight excluding hydrogens is 212 g/mol. The van der Waals surface area contributed by atoms with Crippen molar-refractivity contribution in [3.05, 3.63) is 22.7 Å². The van der Waals surface area contributed by atoms with Crippen LogP contribution in [0.1, 0.15) is 17.4 Å². The minimum atomic E-state index is -0.467. The molecule has 0 radical (unpaired) electrons. The summed E-state index contributed by atoms with van der Waals surface area (Å²) in [6.45, 7) is 2.52. The highest BCUT2D eigenvalue weighted by Gasteiger charge is 2.13. The summed E-state index contributed by atoms with van der Waals surface area (Å²) < 4.78 is 1.58. The Kier molecular flexibility index (Phi) is 2.51. The Hall–Kier alpha value is -1.69. The molecule has 15 heavy (non-hydrogen) atoms. The van der Waals surface area contributed by atoms with Gasteiger partial charge in [0, 0.05) is 11.9 Å². The van der Waals surface area contributed by atoms with Crippen molar-refractivity contribution < 1.29 is 4.79 Å². The molecular formula is C9H10N4OS. The van der Waals surface area contributed by atoms with Crippen molar-refractivity contribution in [1.82, 2.24) is 14.8 Å². The second kappa shape index (κ2) is 3.82. The third kappa shape index (κ3) is 1.75. The van der Waals surface area contributed by atoms with Gasteiger partial charge in [0.05, 0.1) is 5.51 Å². The van der Waals surface area contributed by atoms with Crippen LogP contribution in [0, 0.1) is 0 Å². The van der Waals surface area contributed by atoms with Gasteiger partial charge in [0.15, 0.2) is 0 Å². The fraction of sp³-hybridized carbons (Fsp3) is 0.222. The van der Waals surface area contributed by atoms with Crippen molar-refractivity contribution in [3.8, 4) is 11.4 Å². The number of aromatic nitrogens is 3. The SMILES string of the molecule is CCn1nc(-c2cscn2)cc1C(N)=O. The van der Waals surface area contributed by atoms with Crippen LogP contribution < -0.4 is 5.73 Å². The minimum absolute atomic E-state index is 0.417. The molecule has 0 fully saturated rings. The van der Waals surface area contributed by atoms with Gasteiger partial charge in [-0.2, -0.15) is 5.10 Å². The average molecular weight is 222 g/mol. The first-order valence-electron chi connectivity index (χ1n) is 4.48. The summed E-state index contributed by atoms with van der Waals surface area (Å²) in [7, 11) is 0. The molecule has 2 rings (SSSR count). The van der Waals surface area contributed by atoms with Gasteiger partial charge in [0.2, 0.25) is 0 Å².